The van der Waals surface area contributed by atoms with Crippen molar-refractivity contribution in [2.75, 3.05) is 0 Å². The molecule has 0 radical (unpaired) electrons. The van der Waals surface area contributed by atoms with Crippen molar-refractivity contribution in [2.45, 2.75) is 179 Å². The largest absolute Gasteiger partial charge is 0.0683 e. The quantitative estimate of drug-likeness (QED) is 0.105. The molecule has 77 heavy (non-hydrogen) atoms. The normalized spacial score (nSPS) is 10.2. The monoisotopic (exact) mass is 1030 g/mol. The average molecular weight is 1030 g/mol. The highest BCUT2D eigenvalue weighted by Gasteiger charge is 2.08. The maximum absolute atomic E-state index is 2.24. The first-order chi connectivity index (χ1) is 36.9. The third kappa shape index (κ3) is 23.5. The summed E-state index contributed by atoms with van der Waals surface area (Å²) in [5.41, 5.74) is 1.58. The Morgan fingerprint density at radius 3 is 0.519 bits per heavy atom. The molecular weight excluding hydrogens is 925 g/mol. The second kappa shape index (κ2) is 37.5. The molecule has 416 valence electrons. The van der Waals surface area contributed by atoms with Crippen LogP contribution >= 0.6 is 0 Å². The number of benzene rings is 11. The molecule has 11 aromatic rings. The highest BCUT2D eigenvalue weighted by Crippen LogP contribution is 2.35. The molecule has 0 heterocycles. The Labute approximate surface area is 473 Å². The fraction of sp³-hybridized carbons (Fsp3) is 0.377. The summed E-state index contributed by atoms with van der Waals surface area (Å²) in [6, 6.07) is 69.2. The molecule has 0 saturated heterocycles. The zero-order chi connectivity index (χ0) is 58.8. The van der Waals surface area contributed by atoms with Crippen molar-refractivity contribution in [1.29, 1.82) is 0 Å². The molecule has 0 unspecified atom stereocenters. The van der Waals surface area contributed by atoms with E-state index in [1.54, 1.807) is 0 Å². The van der Waals surface area contributed by atoms with Crippen LogP contribution in [0.25, 0.3) is 86.2 Å². The van der Waals surface area contributed by atoms with E-state index in [4.69, 9.17) is 0 Å². The minimum atomic E-state index is 0.500. The molecule has 0 aliphatic carbocycles. The molecule has 0 aliphatic heterocycles. The van der Waals surface area contributed by atoms with E-state index in [9.17, 15) is 0 Å². The molecular formula is C77H108. The Bertz CT molecular complexity index is 2760. The van der Waals surface area contributed by atoms with Crippen LogP contribution in [0.15, 0.2) is 194 Å². The predicted octanol–water partition coefficient (Wildman–Crippen LogP) is 26.8. The lowest BCUT2D eigenvalue weighted by Crippen LogP contribution is -2.00. The fourth-order valence-electron chi connectivity index (χ4n) is 7.41. The summed E-state index contributed by atoms with van der Waals surface area (Å²) < 4.78 is 0. The van der Waals surface area contributed by atoms with Gasteiger partial charge in [-0.3, -0.25) is 0 Å². The average Bonchev–Trinajstić information content (AvgIpc) is 3.47. The molecule has 0 saturated carbocycles. The highest BCUT2D eigenvalue weighted by atomic mass is 14.1. The Hall–Kier alpha value is -6.24. The SMILES string of the molecule is CC.CC.CC.CC.CC.CC.CC(C)(C)C.CCC(C)(C)C.CCC(C)(C)C.c1cc2ccc3cccc4ccc(c1)c2c34.c1ccc2c(c1)c1ccccc1c1ccccc21.c1ccc2cc3ccccc3cc2c1. The standard InChI is InChI=1S/C18H12.C16H10.C14H10.2C6H14.C5H12.6C2H6/c1-2-8-14-13(7-1)15-9-3-4-11-17(15)18-12-6-5-10-16(14)18;1-3-11-7-9-13-5-2-6-14-10-8-12(4-1)15(11)16(13)14;1-2-6-12-10-14-8-4-3-7-13(14)9-11(12)5-1;2*1-5-6(2,3)4;1-5(2,3)4;6*1-2/h1-12H;1-10H;1-10H;2*5H2,1-4H3;1-4H3;6*1-2H3. The van der Waals surface area contributed by atoms with Crippen LogP contribution in [0.4, 0.5) is 0 Å². The van der Waals surface area contributed by atoms with Gasteiger partial charge in [0.15, 0.2) is 0 Å². The van der Waals surface area contributed by atoms with Crippen molar-refractivity contribution in [1.82, 2.24) is 0 Å². The van der Waals surface area contributed by atoms with Gasteiger partial charge in [-0.1, -0.05) is 361 Å². The van der Waals surface area contributed by atoms with Gasteiger partial charge in [0.2, 0.25) is 0 Å². The molecule has 11 rings (SSSR count). The first-order valence-corrected chi connectivity index (χ1v) is 29.7. The number of fused-ring (bicyclic) bond motifs is 8. The predicted molar refractivity (Wildman–Crippen MR) is 363 cm³/mol. The lowest BCUT2D eigenvalue weighted by atomic mass is 9.94. The van der Waals surface area contributed by atoms with Crippen LogP contribution in [0, 0.1) is 16.2 Å². The zero-order valence-electron chi connectivity index (χ0n) is 53.4. The van der Waals surface area contributed by atoms with Gasteiger partial charge in [-0.15, -0.1) is 0 Å². The zero-order valence-corrected chi connectivity index (χ0v) is 53.4. The van der Waals surface area contributed by atoms with Crippen molar-refractivity contribution in [2.24, 2.45) is 16.2 Å². The van der Waals surface area contributed by atoms with Crippen LogP contribution in [0.2, 0.25) is 0 Å². The van der Waals surface area contributed by atoms with E-state index >= 15 is 0 Å². The van der Waals surface area contributed by atoms with Gasteiger partial charge in [0.25, 0.3) is 0 Å². The Morgan fingerprint density at radius 1 is 0.221 bits per heavy atom. The van der Waals surface area contributed by atoms with Crippen LogP contribution in [-0.2, 0) is 0 Å². The maximum atomic E-state index is 2.24. The molecule has 0 N–H and O–H groups in total. The van der Waals surface area contributed by atoms with E-state index in [0.717, 1.165) is 0 Å². The number of hydrogen-bond donors (Lipinski definition) is 0. The Morgan fingerprint density at radius 2 is 0.364 bits per heavy atom. The molecule has 0 bridgehead atoms. The minimum absolute atomic E-state index is 0.500. The number of hydrogen-bond acceptors (Lipinski definition) is 0. The van der Waals surface area contributed by atoms with E-state index < -0.39 is 0 Å². The fourth-order valence-corrected chi connectivity index (χ4v) is 7.41. The summed E-state index contributed by atoms with van der Waals surface area (Å²) in [6.45, 7) is 50.6. The summed E-state index contributed by atoms with van der Waals surface area (Å²) in [4.78, 5) is 0. The molecule has 0 aliphatic rings. The molecule has 0 aromatic heterocycles. The summed E-state index contributed by atoms with van der Waals surface area (Å²) in [5.74, 6) is 0. The van der Waals surface area contributed by atoms with Crippen molar-refractivity contribution >= 4 is 86.2 Å². The summed E-state index contributed by atoms with van der Waals surface area (Å²) in [5, 5.41) is 21.4. The van der Waals surface area contributed by atoms with Crippen molar-refractivity contribution in [3.05, 3.63) is 194 Å². The second-order valence-electron chi connectivity index (χ2n) is 21.3. The third-order valence-electron chi connectivity index (χ3n) is 11.8. The second-order valence-corrected chi connectivity index (χ2v) is 21.3. The van der Waals surface area contributed by atoms with Crippen LogP contribution < -0.4 is 0 Å². The molecule has 0 amide bonds. The van der Waals surface area contributed by atoms with Crippen LogP contribution in [0.3, 0.4) is 0 Å². The summed E-state index contributed by atoms with van der Waals surface area (Å²) in [6.07, 6.45) is 2.54. The Kier molecular flexibility index (Phi) is 34.5. The molecule has 0 nitrogen and oxygen atoms in total. The van der Waals surface area contributed by atoms with E-state index in [0.29, 0.717) is 16.2 Å². The first-order valence-electron chi connectivity index (χ1n) is 29.7. The summed E-state index contributed by atoms with van der Waals surface area (Å²) in [7, 11) is 0. The molecule has 0 fully saturated rings. The van der Waals surface area contributed by atoms with Gasteiger partial charge in [-0.05, 0) is 115 Å². The van der Waals surface area contributed by atoms with E-state index in [1.165, 1.54) is 99.0 Å². The molecule has 0 spiro atoms. The van der Waals surface area contributed by atoms with Crippen LogP contribution in [0.1, 0.15) is 179 Å². The van der Waals surface area contributed by atoms with Crippen molar-refractivity contribution in [3.8, 4) is 0 Å². The van der Waals surface area contributed by atoms with E-state index in [-0.39, 0.29) is 0 Å². The van der Waals surface area contributed by atoms with E-state index in [2.05, 4.69) is 277 Å². The van der Waals surface area contributed by atoms with Crippen molar-refractivity contribution in [3.63, 3.8) is 0 Å². The maximum Gasteiger partial charge on any atom is -0.00268 e. The third-order valence-corrected chi connectivity index (χ3v) is 11.8. The summed E-state index contributed by atoms with van der Waals surface area (Å²) >= 11 is 0. The van der Waals surface area contributed by atoms with Gasteiger partial charge >= 0.3 is 0 Å². The molecule has 0 atom stereocenters. The van der Waals surface area contributed by atoms with Gasteiger partial charge in [0.05, 0.1) is 0 Å². The van der Waals surface area contributed by atoms with Crippen LogP contribution in [-0.4, -0.2) is 0 Å². The molecule has 0 heteroatoms. The van der Waals surface area contributed by atoms with Gasteiger partial charge in [-0.2, -0.15) is 0 Å². The number of rotatable bonds is 0. The smallest absolute Gasteiger partial charge is 0.00268 e. The Balaban J connectivity index is 0.000000910. The topological polar surface area (TPSA) is 0 Å². The van der Waals surface area contributed by atoms with Gasteiger partial charge in [0, 0.05) is 0 Å². The minimum Gasteiger partial charge on any atom is -0.0683 e. The van der Waals surface area contributed by atoms with Gasteiger partial charge in [-0.25, -0.2) is 0 Å². The highest BCUT2D eigenvalue weighted by molar-refractivity contribution is 6.25. The van der Waals surface area contributed by atoms with Gasteiger partial charge in [0.1, 0.15) is 0 Å². The van der Waals surface area contributed by atoms with Crippen LogP contribution in [0.5, 0.6) is 0 Å². The lowest BCUT2D eigenvalue weighted by Gasteiger charge is -2.12. The van der Waals surface area contributed by atoms with E-state index in [1.807, 2.05) is 83.1 Å². The molecule has 11 aromatic carbocycles. The van der Waals surface area contributed by atoms with Crippen molar-refractivity contribution < 1.29 is 0 Å². The lowest BCUT2D eigenvalue weighted by molar-refractivity contribution is 0.397. The first kappa shape index (κ1) is 70.8. The van der Waals surface area contributed by atoms with Gasteiger partial charge < -0.3 is 0 Å².